The van der Waals surface area contributed by atoms with Crippen LogP contribution < -0.4 is 5.32 Å². The van der Waals surface area contributed by atoms with Crippen LogP contribution in [0.2, 0.25) is 0 Å². The molecule has 2 amide bonds. The van der Waals surface area contributed by atoms with E-state index in [2.05, 4.69) is 15.6 Å². The standard InChI is InChI=1S/C25H43N5O7/c1-4-21-17-22(37-25(33)10-9-23(31)26-2)19-30(21)24(32)8-5-7-20-18-29(28-27-20)11-6-12-35-15-16-36-14-13-34-3/h18,21-22H,4-17,19H2,1-3H3,(H,26,31)/t21-,22-/m1/s1. The van der Waals surface area contributed by atoms with Crippen molar-refractivity contribution in [3.63, 3.8) is 0 Å². The van der Waals surface area contributed by atoms with Crippen LogP contribution in [0.15, 0.2) is 6.20 Å². The van der Waals surface area contributed by atoms with Gasteiger partial charge in [0, 0.05) is 58.8 Å². The SMILES string of the molecule is CC[C@@H]1C[C@@H](OC(=O)CCC(=O)NC)CN1C(=O)CCCc1cn(CCCOCCOCCOC)nn1. The van der Waals surface area contributed by atoms with Crippen molar-refractivity contribution < 1.29 is 33.3 Å². The normalized spacial score (nSPS) is 17.2. The first-order chi connectivity index (χ1) is 18.0. The molecule has 0 saturated carbocycles. The van der Waals surface area contributed by atoms with Crippen molar-refractivity contribution >= 4 is 17.8 Å². The Morgan fingerprint density at radius 3 is 2.54 bits per heavy atom. The first-order valence-corrected chi connectivity index (χ1v) is 13.2. The molecule has 1 aromatic rings. The third-order valence-corrected chi connectivity index (χ3v) is 6.19. The molecule has 1 N–H and O–H groups in total. The maximum absolute atomic E-state index is 12.9. The zero-order chi connectivity index (χ0) is 26.9. The highest BCUT2D eigenvalue weighted by molar-refractivity contribution is 5.81. The summed E-state index contributed by atoms with van der Waals surface area (Å²) in [5.74, 6) is -0.540. The molecular weight excluding hydrogens is 482 g/mol. The van der Waals surface area contributed by atoms with Crippen LogP contribution in [-0.4, -0.2) is 104 Å². The Hall–Kier alpha value is -2.57. The molecule has 12 heteroatoms. The van der Waals surface area contributed by atoms with E-state index >= 15 is 0 Å². The number of nitrogens with zero attached hydrogens (tertiary/aromatic N) is 4. The number of ether oxygens (including phenoxy) is 4. The third-order valence-electron chi connectivity index (χ3n) is 6.19. The van der Waals surface area contributed by atoms with E-state index in [1.54, 1.807) is 11.8 Å². The average molecular weight is 526 g/mol. The quantitative estimate of drug-likeness (QED) is 0.208. The first kappa shape index (κ1) is 30.7. The summed E-state index contributed by atoms with van der Waals surface area (Å²) in [5.41, 5.74) is 0.858. The number of rotatable bonds is 19. The zero-order valence-electron chi connectivity index (χ0n) is 22.5. The highest BCUT2D eigenvalue weighted by Crippen LogP contribution is 2.24. The van der Waals surface area contributed by atoms with Crippen LogP contribution in [0.4, 0.5) is 0 Å². The van der Waals surface area contributed by atoms with E-state index in [-0.39, 0.29) is 36.8 Å². The molecule has 37 heavy (non-hydrogen) atoms. The van der Waals surface area contributed by atoms with E-state index < -0.39 is 5.97 Å². The smallest absolute Gasteiger partial charge is 0.306 e. The molecule has 0 spiro atoms. The number of aryl methyl sites for hydroxylation is 2. The summed E-state index contributed by atoms with van der Waals surface area (Å²) in [6.45, 7) is 6.03. The predicted octanol–water partition coefficient (Wildman–Crippen LogP) is 1.12. The fourth-order valence-electron chi connectivity index (χ4n) is 4.16. The van der Waals surface area contributed by atoms with Crippen LogP contribution in [-0.2, 0) is 46.3 Å². The number of esters is 1. The molecule has 1 aliphatic heterocycles. The molecule has 2 rings (SSSR count). The largest absolute Gasteiger partial charge is 0.460 e. The van der Waals surface area contributed by atoms with Gasteiger partial charge >= 0.3 is 5.97 Å². The van der Waals surface area contributed by atoms with E-state index in [4.69, 9.17) is 18.9 Å². The lowest BCUT2D eigenvalue weighted by Gasteiger charge is -2.23. The van der Waals surface area contributed by atoms with Crippen LogP contribution >= 0.6 is 0 Å². The maximum atomic E-state index is 12.9. The monoisotopic (exact) mass is 525 g/mol. The van der Waals surface area contributed by atoms with Gasteiger partial charge in [-0.25, -0.2) is 0 Å². The number of likely N-dealkylation sites (tertiary alicyclic amines) is 1. The van der Waals surface area contributed by atoms with Gasteiger partial charge in [-0.2, -0.15) is 0 Å². The Morgan fingerprint density at radius 1 is 1.05 bits per heavy atom. The minimum atomic E-state index is -0.403. The molecule has 210 valence electrons. The molecule has 0 unspecified atom stereocenters. The molecule has 2 atom stereocenters. The number of carbonyl (C=O) groups is 3. The second-order valence-corrected chi connectivity index (χ2v) is 9.03. The van der Waals surface area contributed by atoms with Gasteiger partial charge < -0.3 is 29.2 Å². The highest BCUT2D eigenvalue weighted by Gasteiger charge is 2.35. The molecule has 0 aromatic carbocycles. The van der Waals surface area contributed by atoms with Crippen molar-refractivity contribution in [2.45, 2.75) is 77.0 Å². The van der Waals surface area contributed by atoms with E-state index in [1.165, 1.54) is 7.05 Å². The van der Waals surface area contributed by atoms with E-state index in [0.717, 1.165) is 18.5 Å². The number of carbonyl (C=O) groups excluding carboxylic acids is 3. The topological polar surface area (TPSA) is 134 Å². The van der Waals surface area contributed by atoms with Gasteiger partial charge in [-0.3, -0.25) is 19.1 Å². The first-order valence-electron chi connectivity index (χ1n) is 13.2. The molecule has 2 heterocycles. The number of aromatic nitrogens is 3. The Morgan fingerprint density at radius 2 is 1.81 bits per heavy atom. The molecule has 0 radical (unpaired) electrons. The lowest BCUT2D eigenvalue weighted by molar-refractivity contribution is -0.150. The van der Waals surface area contributed by atoms with Crippen molar-refractivity contribution in [2.24, 2.45) is 0 Å². The maximum Gasteiger partial charge on any atom is 0.306 e. The van der Waals surface area contributed by atoms with Crippen molar-refractivity contribution in [1.82, 2.24) is 25.2 Å². The van der Waals surface area contributed by atoms with Gasteiger partial charge in [-0.15, -0.1) is 5.10 Å². The molecule has 1 aromatic heterocycles. The molecule has 1 saturated heterocycles. The Bertz CT molecular complexity index is 819. The fraction of sp³-hybridized carbons (Fsp3) is 0.800. The number of methoxy groups -OCH3 is 1. The van der Waals surface area contributed by atoms with Crippen LogP contribution in [0.5, 0.6) is 0 Å². The molecule has 1 aliphatic rings. The van der Waals surface area contributed by atoms with Gasteiger partial charge in [0.1, 0.15) is 6.10 Å². The van der Waals surface area contributed by atoms with Crippen LogP contribution in [0.1, 0.15) is 57.6 Å². The third kappa shape index (κ3) is 12.0. The summed E-state index contributed by atoms with van der Waals surface area (Å²) in [5, 5.41) is 10.9. The number of nitrogens with one attached hydrogen (secondary N) is 1. The fourth-order valence-corrected chi connectivity index (χ4v) is 4.16. The molecule has 12 nitrogen and oxygen atoms in total. The second-order valence-electron chi connectivity index (χ2n) is 9.03. The van der Waals surface area contributed by atoms with Gasteiger partial charge in [0.25, 0.3) is 0 Å². The second kappa shape index (κ2) is 17.8. The summed E-state index contributed by atoms with van der Waals surface area (Å²) in [6.07, 6.45) is 5.74. The summed E-state index contributed by atoms with van der Waals surface area (Å²) < 4.78 is 23.1. The van der Waals surface area contributed by atoms with Gasteiger partial charge in [0.15, 0.2) is 0 Å². The van der Waals surface area contributed by atoms with Gasteiger partial charge in [0.05, 0.1) is 45.1 Å². The summed E-state index contributed by atoms with van der Waals surface area (Å²) >= 11 is 0. The number of hydrogen-bond donors (Lipinski definition) is 1. The van der Waals surface area contributed by atoms with Crippen LogP contribution in [0.3, 0.4) is 0 Å². The van der Waals surface area contributed by atoms with Crippen LogP contribution in [0, 0.1) is 0 Å². The molecule has 0 bridgehead atoms. The van der Waals surface area contributed by atoms with Gasteiger partial charge in [0.2, 0.25) is 11.8 Å². The molecule has 1 fully saturated rings. The van der Waals surface area contributed by atoms with Crippen molar-refractivity contribution in [2.75, 3.05) is 53.7 Å². The lowest BCUT2D eigenvalue weighted by atomic mass is 10.1. The van der Waals surface area contributed by atoms with Crippen molar-refractivity contribution in [3.8, 4) is 0 Å². The minimum Gasteiger partial charge on any atom is -0.460 e. The van der Waals surface area contributed by atoms with Crippen molar-refractivity contribution in [1.29, 1.82) is 0 Å². The Labute approximate surface area is 219 Å². The minimum absolute atomic E-state index is 0.0406. The zero-order valence-corrected chi connectivity index (χ0v) is 22.5. The number of hydrogen-bond acceptors (Lipinski definition) is 9. The van der Waals surface area contributed by atoms with Crippen LogP contribution in [0.25, 0.3) is 0 Å². The number of amides is 2. The summed E-state index contributed by atoms with van der Waals surface area (Å²) in [6, 6.07) is 0.0595. The summed E-state index contributed by atoms with van der Waals surface area (Å²) in [7, 11) is 3.17. The van der Waals surface area contributed by atoms with Gasteiger partial charge in [-0.05, 0) is 25.7 Å². The lowest BCUT2D eigenvalue weighted by Crippen LogP contribution is -2.35. The van der Waals surface area contributed by atoms with Crippen molar-refractivity contribution in [3.05, 3.63) is 11.9 Å². The summed E-state index contributed by atoms with van der Waals surface area (Å²) in [4.78, 5) is 38.0. The Kier molecular flexibility index (Phi) is 14.8. The highest BCUT2D eigenvalue weighted by atomic mass is 16.5. The van der Waals surface area contributed by atoms with E-state index in [0.29, 0.717) is 71.8 Å². The van der Waals surface area contributed by atoms with E-state index in [9.17, 15) is 14.4 Å². The average Bonchev–Trinajstić information content (AvgIpc) is 3.52. The molecular formula is C25H43N5O7. The van der Waals surface area contributed by atoms with E-state index in [1.807, 2.05) is 18.0 Å². The molecule has 0 aliphatic carbocycles. The van der Waals surface area contributed by atoms with Gasteiger partial charge in [-0.1, -0.05) is 12.1 Å². The predicted molar refractivity (Wildman–Crippen MR) is 135 cm³/mol. The Balaban J connectivity index is 1.62.